The van der Waals surface area contributed by atoms with Gasteiger partial charge in [-0.05, 0) is 84.7 Å². The van der Waals surface area contributed by atoms with Crippen LogP contribution in [0.4, 0.5) is 0 Å². The van der Waals surface area contributed by atoms with E-state index in [-0.39, 0.29) is 42.1 Å². The standard InChI is InChI=1S/C34H39N5O4/c1-19(2)13-29(31(41)32-36-27-11-7-8-12-28(27)37-32)38-33(42)30-16-22-9-5-6-10-23(22)18-39(30)34(43)26(35)17-25-20(3)14-24(40)15-21(25)4/h5-12,14-15,19,26,29-30,40H,13,16-18,35H2,1-4H3,(H,36,37)(H,38,42)/t26-,29-,30-/m0/s1. The Morgan fingerprint density at radius 1 is 1.05 bits per heavy atom. The highest BCUT2D eigenvalue weighted by atomic mass is 16.3. The number of phenolic OH excluding ortho intramolecular Hbond substituents is 1. The van der Waals surface area contributed by atoms with Gasteiger partial charge in [-0.3, -0.25) is 14.4 Å². The molecule has 1 aromatic heterocycles. The molecule has 0 radical (unpaired) electrons. The molecule has 4 aromatic rings. The molecule has 0 saturated heterocycles. The number of rotatable bonds is 9. The predicted molar refractivity (Wildman–Crippen MR) is 166 cm³/mol. The molecule has 2 heterocycles. The van der Waals surface area contributed by atoms with Crippen LogP contribution >= 0.6 is 0 Å². The van der Waals surface area contributed by atoms with Crippen LogP contribution in [0.3, 0.4) is 0 Å². The fourth-order valence-electron chi connectivity index (χ4n) is 6.01. The topological polar surface area (TPSA) is 141 Å². The van der Waals surface area contributed by atoms with Crippen molar-refractivity contribution in [3.63, 3.8) is 0 Å². The zero-order valence-corrected chi connectivity index (χ0v) is 25.1. The molecule has 0 spiro atoms. The Balaban J connectivity index is 1.41. The first kappa shape index (κ1) is 30.0. The summed E-state index contributed by atoms with van der Waals surface area (Å²) in [5.74, 6) is -0.574. The number of nitrogens with two attached hydrogens (primary N) is 1. The predicted octanol–water partition coefficient (Wildman–Crippen LogP) is 4.12. The van der Waals surface area contributed by atoms with E-state index in [0.717, 1.165) is 33.3 Å². The van der Waals surface area contributed by atoms with Gasteiger partial charge in [0.25, 0.3) is 0 Å². The summed E-state index contributed by atoms with van der Waals surface area (Å²) in [7, 11) is 0. The Hall–Kier alpha value is -4.50. The number of carbonyl (C=O) groups excluding carboxylic acids is 3. The van der Waals surface area contributed by atoms with Crippen molar-refractivity contribution in [1.29, 1.82) is 0 Å². The molecule has 1 aliphatic rings. The van der Waals surface area contributed by atoms with Crippen molar-refractivity contribution >= 4 is 28.6 Å². The molecule has 5 N–H and O–H groups in total. The van der Waals surface area contributed by atoms with Crippen LogP contribution in [0.5, 0.6) is 5.75 Å². The second-order valence-electron chi connectivity index (χ2n) is 12.0. The average Bonchev–Trinajstić information content (AvgIpc) is 3.41. The number of ketones is 1. The number of phenols is 1. The van der Waals surface area contributed by atoms with Crippen LogP contribution in [0, 0.1) is 19.8 Å². The lowest BCUT2D eigenvalue weighted by Crippen LogP contribution is -2.58. The number of aromatic nitrogens is 2. The number of para-hydroxylation sites is 2. The molecular weight excluding hydrogens is 542 g/mol. The van der Waals surface area contributed by atoms with Crippen LogP contribution in [-0.2, 0) is 29.0 Å². The Kier molecular flexibility index (Phi) is 8.64. The van der Waals surface area contributed by atoms with Gasteiger partial charge in [0.05, 0.1) is 23.1 Å². The summed E-state index contributed by atoms with van der Waals surface area (Å²) in [5, 5.41) is 12.9. The minimum Gasteiger partial charge on any atom is -0.508 e. The fraction of sp³-hybridized carbons (Fsp3) is 0.353. The number of hydrogen-bond donors (Lipinski definition) is 4. The fourth-order valence-corrected chi connectivity index (χ4v) is 6.01. The number of aryl methyl sites for hydroxylation is 2. The van der Waals surface area contributed by atoms with Gasteiger partial charge < -0.3 is 26.0 Å². The van der Waals surface area contributed by atoms with Crippen LogP contribution in [0.1, 0.15) is 58.7 Å². The second kappa shape index (κ2) is 12.4. The number of Topliss-reactive ketones (excluding diaryl/α,β-unsaturated/α-hetero) is 1. The normalized spacial score (nSPS) is 16.1. The molecule has 224 valence electrons. The average molecular weight is 582 g/mol. The Labute approximate surface area is 251 Å². The van der Waals surface area contributed by atoms with Gasteiger partial charge in [-0.15, -0.1) is 0 Å². The van der Waals surface area contributed by atoms with Crippen molar-refractivity contribution in [3.8, 4) is 5.75 Å². The number of aromatic amines is 1. The lowest BCUT2D eigenvalue weighted by molar-refractivity contribution is -0.143. The number of hydrogen-bond acceptors (Lipinski definition) is 6. The zero-order chi connectivity index (χ0) is 30.8. The highest BCUT2D eigenvalue weighted by Gasteiger charge is 2.38. The summed E-state index contributed by atoms with van der Waals surface area (Å²) >= 11 is 0. The molecule has 1 aliphatic heterocycles. The lowest BCUT2D eigenvalue weighted by Gasteiger charge is -2.38. The molecule has 43 heavy (non-hydrogen) atoms. The molecule has 0 aliphatic carbocycles. The van der Waals surface area contributed by atoms with Crippen LogP contribution < -0.4 is 11.1 Å². The van der Waals surface area contributed by atoms with Crippen molar-refractivity contribution in [2.75, 3.05) is 0 Å². The van der Waals surface area contributed by atoms with Gasteiger partial charge in [0.1, 0.15) is 11.8 Å². The second-order valence-corrected chi connectivity index (χ2v) is 12.0. The third-order valence-corrected chi connectivity index (χ3v) is 8.22. The van der Waals surface area contributed by atoms with E-state index in [2.05, 4.69) is 15.3 Å². The van der Waals surface area contributed by atoms with Crippen molar-refractivity contribution < 1.29 is 19.5 Å². The number of amides is 2. The quantitative estimate of drug-likeness (QED) is 0.219. The maximum absolute atomic E-state index is 14.0. The Morgan fingerprint density at radius 2 is 1.70 bits per heavy atom. The molecule has 3 aromatic carbocycles. The summed E-state index contributed by atoms with van der Waals surface area (Å²) < 4.78 is 0. The van der Waals surface area contributed by atoms with Gasteiger partial charge in [-0.25, -0.2) is 4.98 Å². The van der Waals surface area contributed by atoms with E-state index >= 15 is 0 Å². The summed E-state index contributed by atoms with van der Waals surface area (Å²) in [5.41, 5.74) is 12.5. The number of aromatic hydroxyl groups is 1. The Bertz CT molecular complexity index is 1620. The smallest absolute Gasteiger partial charge is 0.243 e. The van der Waals surface area contributed by atoms with Crippen LogP contribution in [0.15, 0.2) is 60.7 Å². The van der Waals surface area contributed by atoms with Crippen LogP contribution in [0.25, 0.3) is 11.0 Å². The van der Waals surface area contributed by atoms with Gasteiger partial charge in [0.15, 0.2) is 5.82 Å². The number of benzene rings is 3. The van der Waals surface area contributed by atoms with Gasteiger partial charge in [-0.2, -0.15) is 0 Å². The van der Waals surface area contributed by atoms with E-state index in [4.69, 9.17) is 5.73 Å². The third kappa shape index (κ3) is 6.46. The first-order valence-electron chi connectivity index (χ1n) is 14.7. The number of imidazole rings is 1. The summed E-state index contributed by atoms with van der Waals surface area (Å²) in [4.78, 5) is 50.7. The molecule has 5 rings (SSSR count). The van der Waals surface area contributed by atoms with Crippen molar-refractivity contribution in [2.45, 2.75) is 71.6 Å². The number of carbonyl (C=O) groups is 3. The van der Waals surface area contributed by atoms with Gasteiger partial charge >= 0.3 is 0 Å². The van der Waals surface area contributed by atoms with Gasteiger partial charge in [0, 0.05) is 13.0 Å². The minimum atomic E-state index is -0.897. The van der Waals surface area contributed by atoms with E-state index in [1.165, 1.54) is 0 Å². The van der Waals surface area contributed by atoms with Gasteiger partial charge in [0.2, 0.25) is 17.6 Å². The van der Waals surface area contributed by atoms with Crippen LogP contribution in [-0.4, -0.2) is 55.7 Å². The molecule has 0 bridgehead atoms. The van der Waals surface area contributed by atoms with Gasteiger partial charge in [-0.1, -0.05) is 50.2 Å². The molecule has 9 heteroatoms. The molecule has 0 fully saturated rings. The third-order valence-electron chi connectivity index (χ3n) is 8.22. The minimum absolute atomic E-state index is 0.119. The Morgan fingerprint density at radius 3 is 2.37 bits per heavy atom. The number of H-pyrrole nitrogens is 1. The molecule has 9 nitrogen and oxygen atoms in total. The van der Waals surface area contributed by atoms with E-state index in [1.807, 2.05) is 76.2 Å². The summed E-state index contributed by atoms with van der Waals surface area (Å²) in [6.45, 7) is 7.97. The molecule has 0 saturated carbocycles. The maximum Gasteiger partial charge on any atom is 0.243 e. The van der Waals surface area contributed by atoms with Crippen molar-refractivity contribution in [1.82, 2.24) is 20.2 Å². The van der Waals surface area contributed by atoms with E-state index in [0.29, 0.717) is 18.4 Å². The highest BCUT2D eigenvalue weighted by Crippen LogP contribution is 2.27. The largest absolute Gasteiger partial charge is 0.508 e. The lowest BCUT2D eigenvalue weighted by atomic mass is 9.91. The van der Waals surface area contributed by atoms with E-state index in [9.17, 15) is 19.5 Å². The number of nitrogens with zero attached hydrogens (tertiary/aromatic N) is 2. The molecule has 2 amide bonds. The summed E-state index contributed by atoms with van der Waals surface area (Å²) in [6.07, 6.45) is 0.993. The summed E-state index contributed by atoms with van der Waals surface area (Å²) in [6, 6.07) is 15.9. The van der Waals surface area contributed by atoms with Crippen LogP contribution in [0.2, 0.25) is 0 Å². The maximum atomic E-state index is 14.0. The SMILES string of the molecule is Cc1cc(O)cc(C)c1C[C@H](N)C(=O)N1Cc2ccccc2C[C@H]1C(=O)N[C@@H](CC(C)C)C(=O)c1nc2ccccc2[nH]1. The number of nitrogens with one attached hydrogen (secondary N) is 2. The molecule has 0 unspecified atom stereocenters. The first-order valence-corrected chi connectivity index (χ1v) is 14.7. The molecular formula is C34H39N5O4. The zero-order valence-electron chi connectivity index (χ0n) is 25.1. The monoisotopic (exact) mass is 581 g/mol. The van der Waals surface area contributed by atoms with Crippen molar-refractivity contribution in [2.24, 2.45) is 11.7 Å². The van der Waals surface area contributed by atoms with E-state index < -0.39 is 24.0 Å². The molecule has 3 atom stereocenters. The highest BCUT2D eigenvalue weighted by molar-refractivity contribution is 6.02. The number of fused-ring (bicyclic) bond motifs is 2. The van der Waals surface area contributed by atoms with Crippen molar-refractivity contribution in [3.05, 3.63) is 94.3 Å². The van der Waals surface area contributed by atoms with E-state index in [1.54, 1.807) is 17.0 Å². The first-order chi connectivity index (χ1) is 20.5.